The van der Waals surface area contributed by atoms with E-state index in [1.807, 2.05) is 13.8 Å². The Morgan fingerprint density at radius 1 is 1.38 bits per heavy atom. The molecule has 2 rings (SSSR count). The fourth-order valence-corrected chi connectivity index (χ4v) is 4.03. The quantitative estimate of drug-likeness (QED) is 0.709. The topological polar surface area (TPSA) is 101 Å². The number of nitrogens with one attached hydrogen (secondary N) is 2. The molecule has 3 unspecified atom stereocenters. The van der Waals surface area contributed by atoms with E-state index < -0.39 is 10.0 Å². The lowest BCUT2D eigenvalue weighted by atomic mass is 10.1. The fourth-order valence-electron chi connectivity index (χ4n) is 2.66. The van der Waals surface area contributed by atoms with Gasteiger partial charge in [0.25, 0.3) is 0 Å². The highest BCUT2D eigenvalue weighted by Crippen LogP contribution is 2.26. The van der Waals surface area contributed by atoms with Crippen LogP contribution in [0.1, 0.15) is 39.5 Å². The predicted molar refractivity (Wildman–Crippen MR) is 97.7 cm³/mol. The summed E-state index contributed by atoms with van der Waals surface area (Å²) in [5.74, 6) is -0.189. The van der Waals surface area contributed by atoms with Gasteiger partial charge in [0.2, 0.25) is 15.9 Å². The number of nitrogens with two attached hydrogens (primary N) is 1. The van der Waals surface area contributed by atoms with Crippen LogP contribution < -0.4 is 15.8 Å². The largest absolute Gasteiger partial charge is 0.328 e. The molecular formula is C16H26ClN3O3S. The van der Waals surface area contributed by atoms with Crippen molar-refractivity contribution in [2.75, 3.05) is 5.32 Å². The molecule has 1 aromatic rings. The van der Waals surface area contributed by atoms with Gasteiger partial charge in [-0.15, -0.1) is 12.4 Å². The molecule has 0 spiro atoms. The summed E-state index contributed by atoms with van der Waals surface area (Å²) in [6.07, 6.45) is 3.02. The molecule has 1 amide bonds. The van der Waals surface area contributed by atoms with Crippen LogP contribution >= 0.6 is 12.4 Å². The van der Waals surface area contributed by atoms with Gasteiger partial charge in [-0.05, 0) is 50.8 Å². The smallest absolute Gasteiger partial charge is 0.240 e. The van der Waals surface area contributed by atoms with E-state index in [9.17, 15) is 13.2 Å². The SMILES string of the molecule is CCC(C)NS(=O)(=O)c1cccc(NC(=O)C2CCC(N)C2)c1.Cl. The average Bonchev–Trinajstić information content (AvgIpc) is 2.93. The van der Waals surface area contributed by atoms with Crippen molar-refractivity contribution >= 4 is 34.0 Å². The Labute approximate surface area is 150 Å². The summed E-state index contributed by atoms with van der Waals surface area (Å²) in [7, 11) is -3.58. The second-order valence-electron chi connectivity index (χ2n) is 6.22. The van der Waals surface area contributed by atoms with Gasteiger partial charge in [-0.2, -0.15) is 0 Å². The molecular weight excluding hydrogens is 350 g/mol. The molecule has 6 nitrogen and oxygen atoms in total. The number of amides is 1. The van der Waals surface area contributed by atoms with Crippen LogP contribution in [0.25, 0.3) is 0 Å². The van der Waals surface area contributed by atoms with Crippen molar-refractivity contribution in [2.45, 2.75) is 56.5 Å². The summed E-state index contributed by atoms with van der Waals surface area (Å²) in [4.78, 5) is 12.4. The van der Waals surface area contributed by atoms with E-state index in [1.54, 1.807) is 12.1 Å². The van der Waals surface area contributed by atoms with Crippen LogP contribution in [0.15, 0.2) is 29.2 Å². The van der Waals surface area contributed by atoms with E-state index >= 15 is 0 Å². The molecule has 1 aromatic carbocycles. The number of carbonyl (C=O) groups excluding carboxylic acids is 1. The Kier molecular flexibility index (Phi) is 7.66. The van der Waals surface area contributed by atoms with Gasteiger partial charge < -0.3 is 11.1 Å². The Hall–Kier alpha value is -1.15. The first-order chi connectivity index (χ1) is 10.8. The second-order valence-corrected chi connectivity index (χ2v) is 7.93. The van der Waals surface area contributed by atoms with Gasteiger partial charge in [0.1, 0.15) is 0 Å². The van der Waals surface area contributed by atoms with E-state index in [0.717, 1.165) is 12.8 Å². The Balaban J connectivity index is 0.00000288. The standard InChI is InChI=1S/C16H25N3O3S.ClH/c1-3-11(2)19-23(21,22)15-6-4-5-14(10-15)18-16(20)12-7-8-13(17)9-12;/h4-6,10-13,19H,3,7-9,17H2,1-2H3,(H,18,20);1H. The van der Waals surface area contributed by atoms with Crippen molar-refractivity contribution in [3.05, 3.63) is 24.3 Å². The van der Waals surface area contributed by atoms with Crippen molar-refractivity contribution in [1.82, 2.24) is 4.72 Å². The maximum absolute atomic E-state index is 12.3. The second kappa shape index (κ2) is 8.80. The molecule has 1 saturated carbocycles. The molecule has 0 heterocycles. The molecule has 3 atom stereocenters. The zero-order valence-corrected chi connectivity index (χ0v) is 15.6. The van der Waals surface area contributed by atoms with Crippen LogP contribution in [0.3, 0.4) is 0 Å². The normalized spacial score (nSPS) is 21.8. The molecule has 0 aromatic heterocycles. The number of hydrogen-bond donors (Lipinski definition) is 3. The van der Waals surface area contributed by atoms with Crippen LogP contribution in [0.2, 0.25) is 0 Å². The lowest BCUT2D eigenvalue weighted by molar-refractivity contribution is -0.119. The summed E-state index contributed by atoms with van der Waals surface area (Å²) in [6.45, 7) is 3.72. The summed E-state index contributed by atoms with van der Waals surface area (Å²) in [5.41, 5.74) is 6.32. The van der Waals surface area contributed by atoms with Gasteiger partial charge in [-0.25, -0.2) is 13.1 Å². The van der Waals surface area contributed by atoms with Crippen molar-refractivity contribution in [3.8, 4) is 0 Å². The molecule has 1 fully saturated rings. The van der Waals surface area contributed by atoms with E-state index in [2.05, 4.69) is 10.0 Å². The summed E-state index contributed by atoms with van der Waals surface area (Å²) in [5, 5.41) is 2.80. The van der Waals surface area contributed by atoms with Gasteiger partial charge in [0.05, 0.1) is 4.90 Å². The predicted octanol–water partition coefficient (Wildman–Crippen LogP) is 2.25. The third-order valence-electron chi connectivity index (χ3n) is 4.22. The van der Waals surface area contributed by atoms with Crippen molar-refractivity contribution in [1.29, 1.82) is 0 Å². The molecule has 1 aliphatic carbocycles. The molecule has 8 heteroatoms. The van der Waals surface area contributed by atoms with E-state index in [0.29, 0.717) is 18.5 Å². The van der Waals surface area contributed by atoms with Crippen LogP contribution in [-0.4, -0.2) is 26.4 Å². The van der Waals surface area contributed by atoms with Gasteiger partial charge in [0, 0.05) is 23.7 Å². The average molecular weight is 376 g/mol. The van der Waals surface area contributed by atoms with Crippen molar-refractivity contribution < 1.29 is 13.2 Å². The molecule has 1 aliphatic rings. The number of sulfonamides is 1. The highest BCUT2D eigenvalue weighted by Gasteiger charge is 2.28. The Bertz CT molecular complexity index is 666. The van der Waals surface area contributed by atoms with E-state index in [-0.39, 0.29) is 41.2 Å². The monoisotopic (exact) mass is 375 g/mol. The molecule has 0 saturated heterocycles. The van der Waals surface area contributed by atoms with Gasteiger partial charge >= 0.3 is 0 Å². The van der Waals surface area contributed by atoms with Crippen LogP contribution in [0.5, 0.6) is 0 Å². The minimum absolute atomic E-state index is 0. The van der Waals surface area contributed by atoms with Gasteiger partial charge in [0.15, 0.2) is 0 Å². The lowest BCUT2D eigenvalue weighted by Gasteiger charge is -2.14. The maximum Gasteiger partial charge on any atom is 0.240 e. The number of anilines is 1. The lowest BCUT2D eigenvalue weighted by Crippen LogP contribution is -2.32. The minimum atomic E-state index is -3.58. The third kappa shape index (κ3) is 5.44. The zero-order valence-electron chi connectivity index (χ0n) is 14.0. The summed E-state index contributed by atoms with van der Waals surface area (Å²) in [6, 6.07) is 6.26. The van der Waals surface area contributed by atoms with E-state index in [1.165, 1.54) is 12.1 Å². The first-order valence-corrected chi connectivity index (χ1v) is 9.49. The highest BCUT2D eigenvalue weighted by atomic mass is 35.5. The molecule has 0 bridgehead atoms. The first kappa shape index (κ1) is 20.9. The number of halogens is 1. The molecule has 4 N–H and O–H groups in total. The summed E-state index contributed by atoms with van der Waals surface area (Å²) >= 11 is 0. The third-order valence-corrected chi connectivity index (χ3v) is 5.81. The molecule has 0 radical (unpaired) electrons. The number of benzene rings is 1. The maximum atomic E-state index is 12.3. The first-order valence-electron chi connectivity index (χ1n) is 8.00. The minimum Gasteiger partial charge on any atom is -0.328 e. The zero-order chi connectivity index (χ0) is 17.0. The van der Waals surface area contributed by atoms with Crippen LogP contribution in [-0.2, 0) is 14.8 Å². The Morgan fingerprint density at radius 2 is 2.08 bits per heavy atom. The van der Waals surface area contributed by atoms with Crippen LogP contribution in [0.4, 0.5) is 5.69 Å². The Morgan fingerprint density at radius 3 is 2.67 bits per heavy atom. The van der Waals surface area contributed by atoms with Crippen molar-refractivity contribution in [3.63, 3.8) is 0 Å². The molecule has 0 aliphatic heterocycles. The van der Waals surface area contributed by atoms with Crippen LogP contribution in [0, 0.1) is 5.92 Å². The molecule has 136 valence electrons. The van der Waals surface area contributed by atoms with Gasteiger partial charge in [-0.1, -0.05) is 13.0 Å². The highest BCUT2D eigenvalue weighted by molar-refractivity contribution is 7.89. The number of carbonyl (C=O) groups is 1. The number of hydrogen-bond acceptors (Lipinski definition) is 4. The van der Waals surface area contributed by atoms with Gasteiger partial charge in [-0.3, -0.25) is 4.79 Å². The number of rotatable bonds is 6. The van der Waals surface area contributed by atoms with Crippen molar-refractivity contribution in [2.24, 2.45) is 11.7 Å². The summed E-state index contributed by atoms with van der Waals surface area (Å²) < 4.78 is 27.2. The molecule has 24 heavy (non-hydrogen) atoms. The fraction of sp³-hybridized carbons (Fsp3) is 0.562. The van der Waals surface area contributed by atoms with E-state index in [4.69, 9.17) is 5.73 Å².